The van der Waals surface area contributed by atoms with Crippen LogP contribution in [0.4, 0.5) is 0 Å². The molecular weight excluding hydrogens is 729 g/mol. The minimum atomic E-state index is -2.23. The maximum Gasteiger partial charge on any atom is 0.335 e. The molecule has 0 radical (unpaired) electrons. The summed E-state index contributed by atoms with van der Waals surface area (Å²) in [5.41, 5.74) is -0.712. The number of ketones is 1. The molecule has 6 atom stereocenters. The highest BCUT2D eigenvalue weighted by atomic mass is 28.4. The maximum atomic E-state index is 13.8. The van der Waals surface area contributed by atoms with Gasteiger partial charge in [0.1, 0.15) is 31.4 Å². The van der Waals surface area contributed by atoms with Gasteiger partial charge in [0, 0.05) is 43.3 Å². The van der Waals surface area contributed by atoms with Gasteiger partial charge in [0.2, 0.25) is 0 Å². The standard InChI is InChI=1S/C39H52N4O11Si/c1-24-19-41(37(48)40-35(24)46)34-18-31(52-26(3)44)30(53-34)15-14-29(45)16-28-17-33(54-32(28)22-51-55(7,8)39(4,5)6)42-20-25(2)36(47)43(38(42)49)23-50-21-27-12-10-9-11-13-27/h9-15,19-20,28,30-34H,16-18,21-23H2,1-8H3,(H,40,46,48)/b15-14+/t28-,30+,31-,32+,33+,34+/m0/s1. The molecule has 0 saturated carbocycles. The molecule has 5 rings (SSSR count). The number of rotatable bonds is 14. The van der Waals surface area contributed by atoms with Gasteiger partial charge in [-0.25, -0.2) is 14.2 Å². The van der Waals surface area contributed by atoms with Crippen molar-refractivity contribution in [2.75, 3.05) is 6.61 Å². The fraction of sp³-hybridized carbons (Fsp3) is 0.538. The van der Waals surface area contributed by atoms with Crippen molar-refractivity contribution < 1.29 is 33.0 Å². The van der Waals surface area contributed by atoms with E-state index in [-0.39, 0.29) is 49.5 Å². The van der Waals surface area contributed by atoms with Crippen LogP contribution in [0.15, 0.2) is 74.1 Å². The summed E-state index contributed by atoms with van der Waals surface area (Å²) in [6.45, 7) is 15.2. The average molecular weight is 781 g/mol. The van der Waals surface area contributed by atoms with E-state index >= 15 is 0 Å². The van der Waals surface area contributed by atoms with Gasteiger partial charge in [0.15, 0.2) is 14.1 Å². The summed E-state index contributed by atoms with van der Waals surface area (Å²) in [6.07, 6.45) is 2.36. The Bertz CT molecular complexity index is 2130. The summed E-state index contributed by atoms with van der Waals surface area (Å²) in [4.78, 5) is 79.1. The van der Waals surface area contributed by atoms with E-state index in [9.17, 15) is 28.8 Å². The topological polar surface area (TPSA) is 179 Å². The Morgan fingerprint density at radius 2 is 1.64 bits per heavy atom. The monoisotopic (exact) mass is 780 g/mol. The molecule has 0 spiro atoms. The van der Waals surface area contributed by atoms with Crippen LogP contribution in [0.5, 0.6) is 0 Å². The number of esters is 1. The summed E-state index contributed by atoms with van der Waals surface area (Å²) in [7, 11) is -2.23. The van der Waals surface area contributed by atoms with Gasteiger partial charge in [-0.2, -0.15) is 0 Å². The highest BCUT2D eigenvalue weighted by Gasteiger charge is 2.43. The predicted octanol–water partition coefficient (Wildman–Crippen LogP) is 4.01. The lowest BCUT2D eigenvalue weighted by atomic mass is 9.94. The third kappa shape index (κ3) is 10.0. The van der Waals surface area contributed by atoms with E-state index in [1.54, 1.807) is 13.8 Å². The summed E-state index contributed by atoms with van der Waals surface area (Å²) < 4.78 is 34.0. The number of aromatic nitrogens is 4. The van der Waals surface area contributed by atoms with E-state index in [1.165, 1.54) is 40.6 Å². The zero-order chi connectivity index (χ0) is 40.2. The number of hydrogen-bond acceptors (Lipinski definition) is 11. The van der Waals surface area contributed by atoms with Gasteiger partial charge in [-0.1, -0.05) is 51.1 Å². The molecule has 0 bridgehead atoms. The molecule has 3 aromatic rings. The number of aryl methyl sites for hydroxylation is 2. The second-order valence-electron chi connectivity index (χ2n) is 15.8. The molecule has 1 N–H and O–H groups in total. The van der Waals surface area contributed by atoms with Crippen LogP contribution in [-0.4, -0.2) is 63.7 Å². The van der Waals surface area contributed by atoms with Gasteiger partial charge in [0.05, 0.1) is 19.3 Å². The fourth-order valence-corrected chi connectivity index (χ4v) is 7.44. The molecule has 2 aliphatic rings. The van der Waals surface area contributed by atoms with Crippen molar-refractivity contribution in [1.82, 2.24) is 18.7 Å². The quantitative estimate of drug-likeness (QED) is 0.142. The van der Waals surface area contributed by atoms with Gasteiger partial charge in [-0.3, -0.25) is 33.3 Å². The number of benzene rings is 1. The Labute approximate surface area is 320 Å². The van der Waals surface area contributed by atoms with E-state index in [0.717, 1.165) is 10.1 Å². The predicted molar refractivity (Wildman–Crippen MR) is 205 cm³/mol. The van der Waals surface area contributed by atoms with Crippen molar-refractivity contribution in [1.29, 1.82) is 0 Å². The SMILES string of the molecule is CC(=O)O[C@H]1C[C@H](n2cc(C)c(=O)[nH]c2=O)O[C@@H]1/C=C/C(=O)C[C@H]1C[C@H](n2cc(C)c(=O)n(COCc3ccccc3)c2=O)O[C@@H]1CO[Si](C)(C)C(C)(C)C. The minimum Gasteiger partial charge on any atom is -0.459 e. The molecular formula is C39H52N4O11Si. The molecule has 2 saturated heterocycles. The first kappa shape index (κ1) is 41.7. The van der Waals surface area contributed by atoms with E-state index in [0.29, 0.717) is 17.5 Å². The van der Waals surface area contributed by atoms with Crippen LogP contribution in [0.3, 0.4) is 0 Å². The summed E-state index contributed by atoms with van der Waals surface area (Å²) in [5, 5.41) is -0.0845. The van der Waals surface area contributed by atoms with Crippen LogP contribution in [0.2, 0.25) is 18.1 Å². The first-order valence-corrected chi connectivity index (χ1v) is 21.3. The van der Waals surface area contributed by atoms with Crippen molar-refractivity contribution >= 4 is 20.1 Å². The molecule has 15 nitrogen and oxygen atoms in total. The fourth-order valence-electron chi connectivity index (χ4n) is 6.43. The Balaban J connectivity index is 1.35. The lowest BCUT2D eigenvalue weighted by molar-refractivity contribution is -0.147. The van der Waals surface area contributed by atoms with Crippen LogP contribution in [0.1, 0.15) is 76.1 Å². The van der Waals surface area contributed by atoms with Gasteiger partial charge in [0.25, 0.3) is 11.1 Å². The van der Waals surface area contributed by atoms with Crippen LogP contribution in [0, 0.1) is 19.8 Å². The summed E-state index contributed by atoms with van der Waals surface area (Å²) in [5.74, 6) is -1.18. The third-order valence-corrected chi connectivity index (χ3v) is 15.1. The first-order valence-electron chi connectivity index (χ1n) is 18.4. The van der Waals surface area contributed by atoms with Gasteiger partial charge < -0.3 is 23.4 Å². The van der Waals surface area contributed by atoms with Crippen LogP contribution < -0.4 is 22.5 Å². The first-order chi connectivity index (χ1) is 25.8. The number of carbonyl (C=O) groups is 2. The molecule has 2 fully saturated rings. The zero-order valence-electron chi connectivity index (χ0n) is 32.7. The number of nitrogens with zero attached hydrogens (tertiary/aromatic N) is 3. The summed E-state index contributed by atoms with van der Waals surface area (Å²) >= 11 is 0. The van der Waals surface area contributed by atoms with Crippen molar-refractivity contribution in [2.24, 2.45) is 5.92 Å². The zero-order valence-corrected chi connectivity index (χ0v) is 33.7. The van der Waals surface area contributed by atoms with Crippen molar-refractivity contribution in [3.05, 3.63) is 113 Å². The number of aromatic amines is 1. The molecule has 4 heterocycles. The van der Waals surface area contributed by atoms with Crippen LogP contribution >= 0.6 is 0 Å². The maximum absolute atomic E-state index is 13.8. The van der Waals surface area contributed by atoms with E-state index in [4.69, 9.17) is 23.4 Å². The number of nitrogens with one attached hydrogen (secondary N) is 1. The van der Waals surface area contributed by atoms with Crippen molar-refractivity contribution in [3.63, 3.8) is 0 Å². The van der Waals surface area contributed by atoms with Crippen molar-refractivity contribution in [3.8, 4) is 0 Å². The molecule has 16 heteroatoms. The second-order valence-corrected chi connectivity index (χ2v) is 20.7. The second kappa shape index (κ2) is 17.1. The van der Waals surface area contributed by atoms with E-state index in [2.05, 4.69) is 38.8 Å². The highest BCUT2D eigenvalue weighted by Crippen LogP contribution is 2.40. The minimum absolute atomic E-state index is 0.0407. The lowest BCUT2D eigenvalue weighted by Gasteiger charge is -2.37. The van der Waals surface area contributed by atoms with Crippen LogP contribution in [0.25, 0.3) is 0 Å². The number of H-pyrrole nitrogens is 1. The Hall–Kier alpha value is -4.48. The Morgan fingerprint density at radius 3 is 2.31 bits per heavy atom. The normalized spacial score (nSPS) is 23.1. The molecule has 0 unspecified atom stereocenters. The summed E-state index contributed by atoms with van der Waals surface area (Å²) in [6, 6.07) is 9.42. The number of allylic oxidation sites excluding steroid dienone is 1. The Morgan fingerprint density at radius 1 is 0.964 bits per heavy atom. The average Bonchev–Trinajstić information content (AvgIpc) is 3.70. The van der Waals surface area contributed by atoms with Crippen LogP contribution in [-0.2, 0) is 46.3 Å². The molecule has 1 aromatic carbocycles. The molecule has 55 heavy (non-hydrogen) atoms. The largest absolute Gasteiger partial charge is 0.459 e. The molecule has 2 aliphatic heterocycles. The number of ether oxygens (including phenoxy) is 4. The highest BCUT2D eigenvalue weighted by molar-refractivity contribution is 6.74. The number of hydrogen-bond donors (Lipinski definition) is 1. The Kier molecular flexibility index (Phi) is 13.0. The molecule has 298 valence electrons. The smallest absolute Gasteiger partial charge is 0.335 e. The van der Waals surface area contributed by atoms with Crippen molar-refractivity contribution in [2.45, 2.75) is 123 Å². The molecule has 0 aliphatic carbocycles. The van der Waals surface area contributed by atoms with Gasteiger partial charge in [-0.15, -0.1) is 0 Å². The van der Waals surface area contributed by atoms with Gasteiger partial charge >= 0.3 is 17.3 Å². The number of carbonyl (C=O) groups excluding carboxylic acids is 2. The lowest BCUT2D eigenvalue weighted by Crippen LogP contribution is -2.44. The van der Waals surface area contributed by atoms with E-state index < -0.39 is 67.6 Å². The molecule has 2 aromatic heterocycles. The van der Waals surface area contributed by atoms with Gasteiger partial charge in [-0.05, 0) is 62.0 Å². The third-order valence-electron chi connectivity index (χ3n) is 10.6. The molecule has 0 amide bonds. The van der Waals surface area contributed by atoms with E-state index in [1.807, 2.05) is 30.3 Å².